The summed E-state index contributed by atoms with van der Waals surface area (Å²) >= 11 is 0. The van der Waals surface area contributed by atoms with E-state index in [2.05, 4.69) is 62.5 Å². The SMILES string of the molecule is CC/C=C\C/C=C\C/C=C\CCCCCC(=O)OC(COC(=O)CCCCCCC/C=C\CCCCCC)COC1OC(CO)C(O)C(O)C1O. The number of rotatable bonds is 31. The fourth-order valence-electron chi connectivity index (χ4n) is 5.55. The minimum Gasteiger partial charge on any atom is -0.462 e. The third kappa shape index (κ3) is 24.5. The Balaban J connectivity index is 2.43. The van der Waals surface area contributed by atoms with Crippen LogP contribution in [0.4, 0.5) is 0 Å². The molecule has 0 aromatic heterocycles. The highest BCUT2D eigenvalue weighted by atomic mass is 16.7. The molecule has 0 bridgehead atoms. The maximum Gasteiger partial charge on any atom is 0.306 e. The number of aliphatic hydroxyl groups is 4. The van der Waals surface area contributed by atoms with Crippen LogP contribution in [0.1, 0.15) is 142 Å². The van der Waals surface area contributed by atoms with Crippen molar-refractivity contribution >= 4 is 11.9 Å². The van der Waals surface area contributed by atoms with E-state index < -0.39 is 55.4 Å². The Bertz CT molecular complexity index is 975. The van der Waals surface area contributed by atoms with Crippen molar-refractivity contribution in [1.82, 2.24) is 0 Å². The molecule has 10 heteroatoms. The number of hydrogen-bond donors (Lipinski definition) is 4. The third-order valence-electron chi connectivity index (χ3n) is 8.70. The van der Waals surface area contributed by atoms with E-state index in [1.807, 2.05) is 0 Å². The summed E-state index contributed by atoms with van der Waals surface area (Å²) in [4.78, 5) is 25.2. The molecule has 0 aromatic rings. The molecule has 1 rings (SSSR count). The van der Waals surface area contributed by atoms with Crippen LogP contribution >= 0.6 is 0 Å². The van der Waals surface area contributed by atoms with E-state index in [-0.39, 0.29) is 26.1 Å². The van der Waals surface area contributed by atoms with E-state index in [0.717, 1.165) is 77.0 Å². The molecule has 0 spiro atoms. The van der Waals surface area contributed by atoms with Crippen molar-refractivity contribution in [2.45, 2.75) is 179 Å². The number of carbonyl (C=O) groups is 2. The first-order chi connectivity index (χ1) is 24.8. The summed E-state index contributed by atoms with van der Waals surface area (Å²) in [5.74, 6) is -0.857. The van der Waals surface area contributed by atoms with Gasteiger partial charge in [0, 0.05) is 12.8 Å². The van der Waals surface area contributed by atoms with Crippen LogP contribution in [0.3, 0.4) is 0 Å². The molecule has 6 unspecified atom stereocenters. The van der Waals surface area contributed by atoms with Gasteiger partial charge in [0.1, 0.15) is 31.0 Å². The van der Waals surface area contributed by atoms with Crippen molar-refractivity contribution in [3.05, 3.63) is 48.6 Å². The lowest BCUT2D eigenvalue weighted by Crippen LogP contribution is -2.59. The van der Waals surface area contributed by atoms with E-state index in [1.165, 1.54) is 25.7 Å². The lowest BCUT2D eigenvalue weighted by molar-refractivity contribution is -0.305. The molecule has 294 valence electrons. The summed E-state index contributed by atoms with van der Waals surface area (Å²) < 4.78 is 22.0. The molecule has 6 atom stereocenters. The van der Waals surface area contributed by atoms with Gasteiger partial charge >= 0.3 is 11.9 Å². The number of carbonyl (C=O) groups excluding carboxylic acids is 2. The molecule has 1 fully saturated rings. The molecule has 4 N–H and O–H groups in total. The molecule has 10 nitrogen and oxygen atoms in total. The monoisotopic (exact) mass is 722 g/mol. The summed E-state index contributed by atoms with van der Waals surface area (Å²) in [5.41, 5.74) is 0. The van der Waals surface area contributed by atoms with Gasteiger partial charge in [0.2, 0.25) is 0 Å². The van der Waals surface area contributed by atoms with Gasteiger partial charge in [0.05, 0.1) is 13.2 Å². The van der Waals surface area contributed by atoms with E-state index in [0.29, 0.717) is 12.8 Å². The van der Waals surface area contributed by atoms with E-state index in [9.17, 15) is 30.0 Å². The van der Waals surface area contributed by atoms with Gasteiger partial charge in [-0.2, -0.15) is 0 Å². The zero-order valence-electron chi connectivity index (χ0n) is 31.6. The van der Waals surface area contributed by atoms with Gasteiger partial charge in [-0.1, -0.05) is 107 Å². The molecule has 1 saturated heterocycles. The second kappa shape index (κ2) is 32.3. The van der Waals surface area contributed by atoms with E-state index in [4.69, 9.17) is 18.9 Å². The summed E-state index contributed by atoms with van der Waals surface area (Å²) in [6, 6.07) is 0. The van der Waals surface area contributed by atoms with Gasteiger partial charge in [0.15, 0.2) is 12.4 Å². The van der Waals surface area contributed by atoms with Crippen LogP contribution in [-0.2, 0) is 28.5 Å². The fourth-order valence-corrected chi connectivity index (χ4v) is 5.55. The summed E-state index contributed by atoms with van der Waals surface area (Å²) in [6.45, 7) is 3.22. The predicted octanol–water partition coefficient (Wildman–Crippen LogP) is 7.32. The number of aliphatic hydroxyl groups excluding tert-OH is 4. The smallest absolute Gasteiger partial charge is 0.306 e. The van der Waals surface area contributed by atoms with E-state index >= 15 is 0 Å². The van der Waals surface area contributed by atoms with Crippen molar-refractivity contribution in [3.63, 3.8) is 0 Å². The first-order valence-corrected chi connectivity index (χ1v) is 19.7. The fraction of sp³-hybridized carbons (Fsp3) is 0.756. The highest BCUT2D eigenvalue weighted by molar-refractivity contribution is 5.70. The van der Waals surface area contributed by atoms with Crippen molar-refractivity contribution in [2.24, 2.45) is 0 Å². The lowest BCUT2D eigenvalue weighted by Gasteiger charge is -2.39. The van der Waals surface area contributed by atoms with Gasteiger partial charge in [-0.15, -0.1) is 0 Å². The number of esters is 2. The molecule has 1 aliphatic rings. The first kappa shape index (κ1) is 46.7. The minimum absolute atomic E-state index is 0.191. The zero-order chi connectivity index (χ0) is 37.4. The number of ether oxygens (including phenoxy) is 4. The third-order valence-corrected chi connectivity index (χ3v) is 8.70. The average Bonchev–Trinajstić information content (AvgIpc) is 3.13. The van der Waals surface area contributed by atoms with Crippen LogP contribution < -0.4 is 0 Å². The summed E-state index contributed by atoms with van der Waals surface area (Å²) in [7, 11) is 0. The van der Waals surface area contributed by atoms with Gasteiger partial charge < -0.3 is 39.4 Å². The largest absolute Gasteiger partial charge is 0.462 e. The molecule has 0 saturated carbocycles. The molecule has 0 amide bonds. The lowest BCUT2D eigenvalue weighted by atomic mass is 9.99. The Morgan fingerprint density at radius 3 is 1.78 bits per heavy atom. The molecular weight excluding hydrogens is 652 g/mol. The zero-order valence-corrected chi connectivity index (χ0v) is 31.6. The van der Waals surface area contributed by atoms with Crippen LogP contribution in [0.5, 0.6) is 0 Å². The molecule has 1 aliphatic heterocycles. The Morgan fingerprint density at radius 1 is 0.627 bits per heavy atom. The van der Waals surface area contributed by atoms with Crippen molar-refractivity contribution in [2.75, 3.05) is 19.8 Å². The van der Waals surface area contributed by atoms with Gasteiger partial charge in [-0.05, 0) is 70.6 Å². The van der Waals surface area contributed by atoms with Crippen LogP contribution in [0.15, 0.2) is 48.6 Å². The molecule has 0 aliphatic carbocycles. The van der Waals surface area contributed by atoms with Gasteiger partial charge in [0.25, 0.3) is 0 Å². The molecule has 0 aromatic carbocycles. The van der Waals surface area contributed by atoms with Gasteiger partial charge in [-0.25, -0.2) is 0 Å². The minimum atomic E-state index is -1.60. The molecular formula is C41H70O10. The maximum atomic E-state index is 12.7. The quantitative estimate of drug-likeness (QED) is 0.0325. The Hall–Kier alpha value is -2.34. The normalized spacial score (nSPS) is 21.7. The Kier molecular flexibility index (Phi) is 29.6. The molecule has 1 heterocycles. The van der Waals surface area contributed by atoms with Crippen LogP contribution in [0, 0.1) is 0 Å². The second-order valence-electron chi connectivity index (χ2n) is 13.3. The standard InChI is InChI=1S/C41H70O10/c1-3-5-7-9-11-13-15-17-19-21-23-25-27-29-36(43)48-32-34(33-49-41-40(47)39(46)38(45)35(31-42)51-41)50-37(44)30-28-26-24-22-20-18-16-14-12-10-8-6-4-2/h6,8,12-15,18,20,34-35,38-42,45-47H,3-5,7,9-11,16-17,19,21-33H2,1-2H3/b8-6-,14-12-,15-13-,20-18-. The summed E-state index contributed by atoms with van der Waals surface area (Å²) in [6.07, 6.45) is 28.4. The van der Waals surface area contributed by atoms with Crippen LogP contribution in [-0.4, -0.2) is 89.0 Å². The Morgan fingerprint density at radius 2 is 1.16 bits per heavy atom. The highest BCUT2D eigenvalue weighted by Gasteiger charge is 2.44. The average molecular weight is 723 g/mol. The predicted molar refractivity (Wildman–Crippen MR) is 201 cm³/mol. The van der Waals surface area contributed by atoms with Gasteiger partial charge in [-0.3, -0.25) is 9.59 Å². The summed E-state index contributed by atoms with van der Waals surface area (Å²) in [5, 5.41) is 39.9. The number of unbranched alkanes of at least 4 members (excludes halogenated alkanes) is 12. The van der Waals surface area contributed by atoms with Crippen LogP contribution in [0.2, 0.25) is 0 Å². The van der Waals surface area contributed by atoms with Crippen molar-refractivity contribution in [1.29, 1.82) is 0 Å². The van der Waals surface area contributed by atoms with Crippen molar-refractivity contribution < 1.29 is 49.0 Å². The highest BCUT2D eigenvalue weighted by Crippen LogP contribution is 2.22. The Labute approximate surface area is 308 Å². The maximum absolute atomic E-state index is 12.7. The van der Waals surface area contributed by atoms with Crippen molar-refractivity contribution in [3.8, 4) is 0 Å². The number of hydrogen-bond acceptors (Lipinski definition) is 10. The first-order valence-electron chi connectivity index (χ1n) is 19.7. The number of allylic oxidation sites excluding steroid dienone is 8. The van der Waals surface area contributed by atoms with Crippen LogP contribution in [0.25, 0.3) is 0 Å². The molecule has 0 radical (unpaired) electrons. The topological polar surface area (TPSA) is 152 Å². The van der Waals surface area contributed by atoms with E-state index in [1.54, 1.807) is 0 Å². The second-order valence-corrected chi connectivity index (χ2v) is 13.3. The molecule has 51 heavy (non-hydrogen) atoms.